The number of benzene rings is 1. The molecule has 184 valence electrons. The average Bonchev–Trinajstić information content (AvgIpc) is 3.42. The average molecular weight is 486 g/mol. The second kappa shape index (κ2) is 9.88. The van der Waals surface area contributed by atoms with E-state index in [9.17, 15) is 23.2 Å². The first-order valence-corrected chi connectivity index (χ1v) is 11.2. The highest BCUT2D eigenvalue weighted by atomic mass is 19.4. The Morgan fingerprint density at radius 1 is 1.14 bits per heavy atom. The zero-order chi connectivity index (χ0) is 25.2. The summed E-state index contributed by atoms with van der Waals surface area (Å²) in [7, 11) is 0. The number of hydrogen-bond donors (Lipinski definition) is 1. The Labute approximate surface area is 201 Å². The Morgan fingerprint density at radius 3 is 2.51 bits per heavy atom. The molecule has 1 aromatic carbocycles. The second-order valence-corrected chi connectivity index (χ2v) is 8.57. The van der Waals surface area contributed by atoms with Crippen LogP contribution in [-0.4, -0.2) is 48.1 Å². The number of nitrogens with zero attached hydrogens (tertiary/aromatic N) is 4. The van der Waals surface area contributed by atoms with Crippen LogP contribution in [0.15, 0.2) is 47.1 Å². The molecule has 1 saturated heterocycles. The maximum absolute atomic E-state index is 13.0. The van der Waals surface area contributed by atoms with E-state index in [0.717, 1.165) is 23.4 Å². The van der Waals surface area contributed by atoms with E-state index in [4.69, 9.17) is 4.42 Å². The molecule has 4 rings (SSSR count). The van der Waals surface area contributed by atoms with Gasteiger partial charge in [0.15, 0.2) is 0 Å². The number of hydrogen-bond acceptors (Lipinski definition) is 5. The fourth-order valence-corrected chi connectivity index (χ4v) is 4.30. The fraction of sp³-hybridized carbons (Fsp3) is 0.360. The molecule has 0 bridgehead atoms. The highest BCUT2D eigenvalue weighted by Gasteiger charge is 2.31. The highest BCUT2D eigenvalue weighted by Crippen LogP contribution is 2.32. The van der Waals surface area contributed by atoms with Gasteiger partial charge >= 0.3 is 6.18 Å². The van der Waals surface area contributed by atoms with E-state index < -0.39 is 11.7 Å². The Bertz CT molecular complexity index is 1230. The Balaban J connectivity index is 1.40. The summed E-state index contributed by atoms with van der Waals surface area (Å²) in [5.74, 6) is 0.882. The number of nitrogens with one attached hydrogen (secondary N) is 1. The van der Waals surface area contributed by atoms with Gasteiger partial charge in [0, 0.05) is 37.6 Å². The summed E-state index contributed by atoms with van der Waals surface area (Å²) < 4.78 is 46.4. The van der Waals surface area contributed by atoms with Crippen molar-refractivity contribution in [3.8, 4) is 6.07 Å². The number of aromatic nitrogens is 1. The largest absolute Gasteiger partial charge is 0.467 e. The van der Waals surface area contributed by atoms with Crippen molar-refractivity contribution in [3.63, 3.8) is 0 Å². The Morgan fingerprint density at radius 2 is 1.89 bits per heavy atom. The molecule has 7 nitrogen and oxygen atoms in total. The normalized spacial score (nSPS) is 14.7. The summed E-state index contributed by atoms with van der Waals surface area (Å²) in [6.07, 6.45) is -2.81. The molecular formula is C25H26F3N5O2. The van der Waals surface area contributed by atoms with Gasteiger partial charge in [-0.25, -0.2) is 0 Å². The van der Waals surface area contributed by atoms with Crippen LogP contribution in [0.3, 0.4) is 0 Å². The second-order valence-electron chi connectivity index (χ2n) is 8.57. The Kier molecular flexibility index (Phi) is 6.89. The smallest absolute Gasteiger partial charge is 0.416 e. The first-order valence-electron chi connectivity index (χ1n) is 11.2. The summed E-state index contributed by atoms with van der Waals surface area (Å²) in [5.41, 5.74) is 1.92. The molecule has 0 radical (unpaired) electrons. The van der Waals surface area contributed by atoms with Crippen LogP contribution in [0.1, 0.15) is 28.1 Å². The lowest BCUT2D eigenvalue weighted by atomic mass is 10.1. The lowest BCUT2D eigenvalue weighted by Gasteiger charge is -2.36. The number of halogens is 3. The van der Waals surface area contributed by atoms with Crippen molar-refractivity contribution in [1.29, 1.82) is 5.26 Å². The topological polar surface area (TPSA) is 77.4 Å². The molecule has 0 aliphatic carbocycles. The minimum Gasteiger partial charge on any atom is -0.467 e. The number of carbonyl (C=O) groups excluding carboxylic acids is 1. The molecule has 10 heteroatoms. The van der Waals surface area contributed by atoms with Gasteiger partial charge < -0.3 is 19.2 Å². The predicted octanol–water partition coefficient (Wildman–Crippen LogP) is 4.40. The third-order valence-corrected chi connectivity index (χ3v) is 6.37. The number of nitriles is 1. The lowest BCUT2D eigenvalue weighted by Crippen LogP contribution is -2.48. The van der Waals surface area contributed by atoms with Gasteiger partial charge in [0.1, 0.15) is 17.6 Å². The number of amides is 1. The first-order chi connectivity index (χ1) is 16.7. The van der Waals surface area contributed by atoms with Crippen molar-refractivity contribution in [2.24, 2.45) is 0 Å². The van der Waals surface area contributed by atoms with Gasteiger partial charge in [0.05, 0.1) is 30.5 Å². The van der Waals surface area contributed by atoms with Crippen molar-refractivity contribution in [2.75, 3.05) is 42.9 Å². The van der Waals surface area contributed by atoms with E-state index in [2.05, 4.69) is 11.4 Å². The number of rotatable bonds is 6. The van der Waals surface area contributed by atoms with E-state index in [0.29, 0.717) is 55.6 Å². The summed E-state index contributed by atoms with van der Waals surface area (Å²) in [5, 5.41) is 12.6. The van der Waals surface area contributed by atoms with Crippen LogP contribution in [0.25, 0.3) is 0 Å². The van der Waals surface area contributed by atoms with Crippen LogP contribution >= 0.6 is 0 Å². The zero-order valence-electron chi connectivity index (χ0n) is 19.5. The monoisotopic (exact) mass is 485 g/mol. The van der Waals surface area contributed by atoms with E-state index in [1.165, 1.54) is 6.07 Å². The standard InChI is InChI=1S/C25H26F3N5O2/c1-17-18(2)33(15-21-7-4-12-35-21)24(22(17)14-29)30-23(34)16-31-8-10-32(11-9-31)20-6-3-5-19(13-20)25(26,27)28/h3-7,12-13H,8-11,15-16H2,1-2H3,(H,30,34). The van der Waals surface area contributed by atoms with Crippen LogP contribution in [0, 0.1) is 25.2 Å². The van der Waals surface area contributed by atoms with Crippen molar-refractivity contribution >= 4 is 17.4 Å². The molecule has 1 N–H and O–H groups in total. The molecule has 1 aliphatic rings. The van der Waals surface area contributed by atoms with Crippen LogP contribution in [-0.2, 0) is 17.5 Å². The minimum atomic E-state index is -4.39. The molecule has 35 heavy (non-hydrogen) atoms. The summed E-state index contributed by atoms with van der Waals surface area (Å²) in [4.78, 5) is 16.7. The van der Waals surface area contributed by atoms with E-state index in [1.807, 2.05) is 34.3 Å². The maximum Gasteiger partial charge on any atom is 0.416 e. The van der Waals surface area contributed by atoms with Gasteiger partial charge in [-0.15, -0.1) is 0 Å². The fourth-order valence-electron chi connectivity index (χ4n) is 4.30. The highest BCUT2D eigenvalue weighted by molar-refractivity contribution is 5.93. The van der Waals surface area contributed by atoms with Gasteiger partial charge in [-0.3, -0.25) is 9.69 Å². The molecule has 3 heterocycles. The van der Waals surface area contributed by atoms with Crippen molar-refractivity contribution < 1.29 is 22.4 Å². The number of furan rings is 1. The molecule has 2 aromatic heterocycles. The predicted molar refractivity (Wildman–Crippen MR) is 125 cm³/mol. The number of piperazine rings is 1. The molecule has 0 unspecified atom stereocenters. The Hall–Kier alpha value is -3.71. The van der Waals surface area contributed by atoms with Gasteiger partial charge in [0.2, 0.25) is 5.91 Å². The van der Waals surface area contributed by atoms with Crippen LogP contribution < -0.4 is 10.2 Å². The molecule has 1 fully saturated rings. The maximum atomic E-state index is 13.0. The molecule has 0 atom stereocenters. The van der Waals surface area contributed by atoms with Crippen molar-refractivity contribution in [1.82, 2.24) is 9.47 Å². The first kappa shape index (κ1) is 24.4. The SMILES string of the molecule is Cc1c(C#N)c(NC(=O)CN2CCN(c3cccc(C(F)(F)F)c3)CC2)n(Cc2ccco2)c1C. The van der Waals surface area contributed by atoms with E-state index in [1.54, 1.807) is 18.4 Å². The zero-order valence-corrected chi connectivity index (χ0v) is 19.5. The molecule has 1 amide bonds. The third kappa shape index (κ3) is 5.35. The number of carbonyl (C=O) groups is 1. The molecule has 3 aromatic rings. The van der Waals surface area contributed by atoms with Gasteiger partial charge in [-0.05, 0) is 49.7 Å². The van der Waals surface area contributed by atoms with Crippen LogP contribution in [0.4, 0.5) is 24.7 Å². The minimum absolute atomic E-state index is 0.116. The molecule has 0 spiro atoms. The van der Waals surface area contributed by atoms with Crippen LogP contribution in [0.5, 0.6) is 0 Å². The number of anilines is 2. The van der Waals surface area contributed by atoms with Crippen LogP contribution in [0.2, 0.25) is 0 Å². The van der Waals surface area contributed by atoms with Crippen molar-refractivity contribution in [2.45, 2.75) is 26.6 Å². The lowest BCUT2D eigenvalue weighted by molar-refractivity contribution is -0.137. The van der Waals surface area contributed by atoms with E-state index in [-0.39, 0.29) is 12.5 Å². The summed E-state index contributed by atoms with van der Waals surface area (Å²) >= 11 is 0. The van der Waals surface area contributed by atoms with E-state index >= 15 is 0 Å². The third-order valence-electron chi connectivity index (χ3n) is 6.37. The quantitative estimate of drug-likeness (QED) is 0.560. The molecular weight excluding hydrogens is 459 g/mol. The van der Waals surface area contributed by atoms with Gasteiger partial charge in [0.25, 0.3) is 0 Å². The van der Waals surface area contributed by atoms with Gasteiger partial charge in [-0.2, -0.15) is 18.4 Å². The van der Waals surface area contributed by atoms with Crippen molar-refractivity contribution in [3.05, 3.63) is 70.8 Å². The molecule has 0 saturated carbocycles. The number of alkyl halides is 3. The molecule has 1 aliphatic heterocycles. The summed E-state index contributed by atoms with van der Waals surface area (Å²) in [6.45, 7) is 6.30. The summed E-state index contributed by atoms with van der Waals surface area (Å²) in [6, 6.07) is 11.1. The van der Waals surface area contributed by atoms with Gasteiger partial charge in [-0.1, -0.05) is 6.07 Å².